The molecule has 132 valence electrons. The highest BCUT2D eigenvalue weighted by molar-refractivity contribution is 6.32. The predicted molar refractivity (Wildman–Crippen MR) is 94.7 cm³/mol. The summed E-state index contributed by atoms with van der Waals surface area (Å²) in [5, 5.41) is 13.8. The number of methoxy groups -OCH3 is 2. The van der Waals surface area contributed by atoms with Crippen LogP contribution in [0.3, 0.4) is 0 Å². The molecule has 25 heavy (non-hydrogen) atoms. The van der Waals surface area contributed by atoms with E-state index < -0.39 is 10.8 Å². The van der Waals surface area contributed by atoms with Crippen LogP contribution in [0.4, 0.5) is 11.4 Å². The van der Waals surface area contributed by atoms with E-state index >= 15 is 0 Å². The monoisotopic (exact) mass is 364 g/mol. The molecule has 0 unspecified atom stereocenters. The average molecular weight is 365 g/mol. The highest BCUT2D eigenvalue weighted by Crippen LogP contribution is 2.36. The number of nitrogens with zero attached hydrogens (tertiary/aromatic N) is 1. The van der Waals surface area contributed by atoms with Crippen molar-refractivity contribution in [3.05, 3.63) is 57.1 Å². The molecule has 2 rings (SSSR count). The number of nitrogens with one attached hydrogen (secondary N) is 1. The zero-order valence-corrected chi connectivity index (χ0v) is 14.7. The number of carbonyl (C=O) groups is 1. The number of hydrogen-bond acceptors (Lipinski definition) is 5. The van der Waals surface area contributed by atoms with Crippen molar-refractivity contribution in [2.24, 2.45) is 0 Å². The molecule has 0 aliphatic carbocycles. The van der Waals surface area contributed by atoms with Gasteiger partial charge in [-0.1, -0.05) is 23.7 Å². The van der Waals surface area contributed by atoms with E-state index in [1.165, 1.54) is 26.4 Å². The van der Waals surface area contributed by atoms with Gasteiger partial charge in [0.25, 0.3) is 5.69 Å². The second-order valence-corrected chi connectivity index (χ2v) is 5.65. The summed E-state index contributed by atoms with van der Waals surface area (Å²) in [6, 6.07) is 8.96. The molecular weight excluding hydrogens is 348 g/mol. The minimum atomic E-state index is -0.522. The van der Waals surface area contributed by atoms with Crippen LogP contribution in [0.15, 0.2) is 36.4 Å². The molecule has 0 saturated carbocycles. The summed E-state index contributed by atoms with van der Waals surface area (Å²) in [5.41, 5.74) is 1.04. The Kier molecular flexibility index (Phi) is 5.82. The lowest BCUT2D eigenvalue weighted by molar-refractivity contribution is -0.384. The molecule has 0 aromatic heterocycles. The molecule has 0 spiro atoms. The van der Waals surface area contributed by atoms with Gasteiger partial charge < -0.3 is 14.8 Å². The topological polar surface area (TPSA) is 90.7 Å². The largest absolute Gasteiger partial charge is 0.495 e. The number of halogens is 1. The van der Waals surface area contributed by atoms with Crippen LogP contribution < -0.4 is 14.8 Å². The fourth-order valence-corrected chi connectivity index (χ4v) is 2.48. The Morgan fingerprint density at radius 3 is 2.28 bits per heavy atom. The molecule has 1 amide bonds. The van der Waals surface area contributed by atoms with Crippen LogP contribution in [0.25, 0.3) is 0 Å². The van der Waals surface area contributed by atoms with E-state index in [-0.39, 0.29) is 11.6 Å². The third-order valence-corrected chi connectivity index (χ3v) is 4.02. The van der Waals surface area contributed by atoms with Crippen LogP contribution in [0.5, 0.6) is 11.5 Å². The van der Waals surface area contributed by atoms with Crippen LogP contribution >= 0.6 is 11.6 Å². The maximum Gasteiger partial charge on any atom is 0.269 e. The third-order valence-electron chi connectivity index (χ3n) is 3.73. The first-order valence-corrected chi connectivity index (χ1v) is 7.72. The lowest BCUT2D eigenvalue weighted by atomic mass is 10.00. The molecule has 0 fully saturated rings. The first-order chi connectivity index (χ1) is 11.9. The Labute approximate surface area is 149 Å². The number of anilines is 1. The zero-order chi connectivity index (χ0) is 18.6. The van der Waals surface area contributed by atoms with E-state index in [0.717, 1.165) is 0 Å². The molecular formula is C17H17ClN2O5. The molecule has 2 aromatic rings. The lowest BCUT2D eigenvalue weighted by Gasteiger charge is -2.16. The number of nitro benzene ring substituents is 1. The fraction of sp³-hybridized carbons (Fsp3) is 0.235. The van der Waals surface area contributed by atoms with Crippen LogP contribution in [-0.4, -0.2) is 25.1 Å². The minimum absolute atomic E-state index is 0.0278. The average Bonchev–Trinajstić information content (AvgIpc) is 2.61. The number of carbonyl (C=O) groups excluding carboxylic acids is 1. The van der Waals surface area contributed by atoms with Crippen LogP contribution in [0.1, 0.15) is 18.4 Å². The first-order valence-electron chi connectivity index (χ1n) is 7.34. The number of amides is 1. The van der Waals surface area contributed by atoms with Gasteiger partial charge in [-0.05, 0) is 18.6 Å². The van der Waals surface area contributed by atoms with Gasteiger partial charge in [-0.3, -0.25) is 14.9 Å². The molecule has 2 aromatic carbocycles. The lowest BCUT2D eigenvalue weighted by Crippen LogP contribution is -2.19. The van der Waals surface area contributed by atoms with Gasteiger partial charge in [-0.2, -0.15) is 0 Å². The van der Waals surface area contributed by atoms with E-state index in [0.29, 0.717) is 27.8 Å². The molecule has 7 nitrogen and oxygen atoms in total. The number of ether oxygens (including phenoxy) is 2. The molecule has 0 aliphatic rings. The summed E-state index contributed by atoms with van der Waals surface area (Å²) < 4.78 is 10.4. The molecule has 0 heterocycles. The summed E-state index contributed by atoms with van der Waals surface area (Å²) >= 11 is 6.09. The number of nitro groups is 1. The van der Waals surface area contributed by atoms with E-state index in [9.17, 15) is 14.9 Å². The second kappa shape index (κ2) is 7.85. The van der Waals surface area contributed by atoms with Gasteiger partial charge in [0.05, 0.1) is 35.8 Å². The maximum atomic E-state index is 12.5. The van der Waals surface area contributed by atoms with Gasteiger partial charge in [-0.25, -0.2) is 0 Å². The summed E-state index contributed by atoms with van der Waals surface area (Å²) in [5.74, 6) is 0.0187. The van der Waals surface area contributed by atoms with Crippen LogP contribution in [0, 0.1) is 10.1 Å². The summed E-state index contributed by atoms with van der Waals surface area (Å²) in [4.78, 5) is 22.7. The van der Waals surface area contributed by atoms with Gasteiger partial charge in [0.2, 0.25) is 5.91 Å². The van der Waals surface area contributed by atoms with Crippen molar-refractivity contribution in [2.45, 2.75) is 12.8 Å². The summed E-state index contributed by atoms with van der Waals surface area (Å²) in [6.07, 6.45) is 0. The Morgan fingerprint density at radius 2 is 1.76 bits per heavy atom. The van der Waals surface area contributed by atoms with Gasteiger partial charge in [-0.15, -0.1) is 0 Å². The van der Waals surface area contributed by atoms with Crippen molar-refractivity contribution >= 4 is 28.9 Å². The quantitative estimate of drug-likeness (QED) is 0.617. The van der Waals surface area contributed by atoms with E-state index in [1.54, 1.807) is 31.2 Å². The van der Waals surface area contributed by atoms with E-state index in [1.807, 2.05) is 0 Å². The third kappa shape index (κ3) is 4.19. The number of rotatable bonds is 6. The van der Waals surface area contributed by atoms with Gasteiger partial charge >= 0.3 is 0 Å². The van der Waals surface area contributed by atoms with E-state index in [4.69, 9.17) is 21.1 Å². The molecule has 0 saturated heterocycles. The van der Waals surface area contributed by atoms with Crippen molar-refractivity contribution in [1.29, 1.82) is 0 Å². The summed E-state index contributed by atoms with van der Waals surface area (Å²) in [7, 11) is 2.95. The van der Waals surface area contributed by atoms with Crippen molar-refractivity contribution in [1.82, 2.24) is 0 Å². The Hall–Kier alpha value is -2.80. The van der Waals surface area contributed by atoms with Gasteiger partial charge in [0.1, 0.15) is 11.5 Å². The predicted octanol–water partition coefficient (Wildman–Crippen LogP) is 4.01. The van der Waals surface area contributed by atoms with Gasteiger partial charge in [0.15, 0.2) is 0 Å². The highest BCUT2D eigenvalue weighted by Gasteiger charge is 2.19. The SMILES string of the molecule is COc1cc(OC)c(NC(=O)[C@H](C)c2ccc([N+](=O)[O-])cc2)cc1Cl. The molecule has 8 heteroatoms. The van der Waals surface area contributed by atoms with Crippen molar-refractivity contribution in [3.8, 4) is 11.5 Å². The number of non-ortho nitro benzene ring substituents is 1. The zero-order valence-electron chi connectivity index (χ0n) is 13.9. The van der Waals surface area contributed by atoms with Crippen molar-refractivity contribution in [3.63, 3.8) is 0 Å². The van der Waals surface area contributed by atoms with E-state index in [2.05, 4.69) is 5.32 Å². The fourth-order valence-electron chi connectivity index (χ4n) is 2.23. The normalized spacial score (nSPS) is 11.5. The summed E-state index contributed by atoms with van der Waals surface area (Å²) in [6.45, 7) is 1.70. The maximum absolute atomic E-state index is 12.5. The molecule has 1 N–H and O–H groups in total. The number of hydrogen-bond donors (Lipinski definition) is 1. The highest BCUT2D eigenvalue weighted by atomic mass is 35.5. The Bertz CT molecular complexity index is 792. The van der Waals surface area contributed by atoms with Crippen molar-refractivity contribution < 1.29 is 19.2 Å². The number of benzene rings is 2. The Balaban J connectivity index is 2.21. The smallest absolute Gasteiger partial charge is 0.269 e. The van der Waals surface area contributed by atoms with Gasteiger partial charge in [0, 0.05) is 18.2 Å². The van der Waals surface area contributed by atoms with Crippen molar-refractivity contribution in [2.75, 3.05) is 19.5 Å². The minimum Gasteiger partial charge on any atom is -0.495 e. The molecule has 0 radical (unpaired) electrons. The standard InChI is InChI=1S/C17H17ClN2O5/c1-10(11-4-6-12(7-5-11)20(22)23)17(21)19-14-8-13(18)15(24-2)9-16(14)25-3/h4-10H,1-3H3,(H,19,21)/t10-/m1/s1. The van der Waals surface area contributed by atoms with Crippen LogP contribution in [-0.2, 0) is 4.79 Å². The first kappa shape index (κ1) is 18.5. The molecule has 0 bridgehead atoms. The second-order valence-electron chi connectivity index (χ2n) is 5.25. The Morgan fingerprint density at radius 1 is 1.16 bits per heavy atom. The van der Waals surface area contributed by atoms with Crippen LogP contribution in [0.2, 0.25) is 5.02 Å². The molecule has 1 atom stereocenters. The molecule has 0 aliphatic heterocycles.